The molecule has 1 saturated heterocycles. The third-order valence-electron chi connectivity index (χ3n) is 3.98. The zero-order chi connectivity index (χ0) is 17.7. The number of nitrogen functional groups attached to an aromatic ring is 1. The van der Waals surface area contributed by atoms with Crippen LogP contribution in [0.15, 0.2) is 30.7 Å². The van der Waals surface area contributed by atoms with Crippen molar-refractivity contribution in [3.63, 3.8) is 0 Å². The van der Waals surface area contributed by atoms with Crippen LogP contribution in [0.2, 0.25) is 0 Å². The minimum absolute atomic E-state index is 0.145. The van der Waals surface area contributed by atoms with Crippen LogP contribution in [0, 0.1) is 0 Å². The fourth-order valence-corrected chi connectivity index (χ4v) is 2.72. The lowest BCUT2D eigenvalue weighted by molar-refractivity contribution is -0.0121. The monoisotopic (exact) mass is 345 g/mol. The molecule has 0 spiro atoms. The van der Waals surface area contributed by atoms with E-state index in [1.54, 1.807) is 24.1 Å². The van der Waals surface area contributed by atoms with Gasteiger partial charge in [0.2, 0.25) is 6.23 Å². The molecular weight excluding hydrogens is 330 g/mol. The van der Waals surface area contributed by atoms with Crippen molar-refractivity contribution in [2.24, 2.45) is 7.05 Å². The molecule has 0 aromatic carbocycles. The van der Waals surface area contributed by atoms with Crippen LogP contribution < -0.4 is 5.73 Å². The van der Waals surface area contributed by atoms with E-state index in [0.717, 1.165) is 0 Å². The third-order valence-corrected chi connectivity index (χ3v) is 3.98. The van der Waals surface area contributed by atoms with Crippen LogP contribution in [0.25, 0.3) is 22.6 Å². The maximum atomic E-state index is 10.2. The molecule has 1 unspecified atom stereocenters. The molecule has 4 rings (SSSR count). The van der Waals surface area contributed by atoms with E-state index in [2.05, 4.69) is 20.1 Å². The second-order valence-corrected chi connectivity index (χ2v) is 5.63. The van der Waals surface area contributed by atoms with Gasteiger partial charge in [0, 0.05) is 13.2 Å². The van der Waals surface area contributed by atoms with Crippen LogP contribution in [-0.2, 0) is 11.8 Å². The molecule has 0 aliphatic carbocycles. The van der Waals surface area contributed by atoms with Crippen molar-refractivity contribution >= 4 is 17.0 Å². The molecule has 1 aliphatic rings. The average Bonchev–Trinajstić information content (AvgIpc) is 3.27. The van der Waals surface area contributed by atoms with Gasteiger partial charge >= 0.3 is 0 Å². The Morgan fingerprint density at radius 3 is 2.76 bits per heavy atom. The van der Waals surface area contributed by atoms with Gasteiger partial charge in [0.05, 0.1) is 11.8 Å². The SMILES string of the molecule is Cn1cc(-c2nc(N)c3ncn(C4O/C(=C/O)[C@@H](O)[C@H]4O)c3n2)cn1. The molecule has 3 aromatic heterocycles. The number of fused-ring (bicyclic) bond motifs is 1. The molecule has 1 aliphatic heterocycles. The number of rotatable bonds is 2. The quantitative estimate of drug-likeness (QED) is 0.448. The van der Waals surface area contributed by atoms with E-state index in [4.69, 9.17) is 15.6 Å². The van der Waals surface area contributed by atoms with Gasteiger partial charge < -0.3 is 25.8 Å². The number of aliphatic hydroxyl groups is 3. The van der Waals surface area contributed by atoms with E-state index in [0.29, 0.717) is 28.8 Å². The standard InChI is InChI=1S/C14H15N7O4/c1-20-3-6(2-17-20)12-18-11(15)8-13(19-12)21(5-16-8)14-10(24)9(23)7(4-22)25-14/h2-5,9-10,14,22-24H,1H3,(H2,15,18,19)/b7-4+/t9-,10-,14?/m1/s1. The van der Waals surface area contributed by atoms with Crippen LogP contribution in [0.4, 0.5) is 5.82 Å². The summed E-state index contributed by atoms with van der Waals surface area (Å²) in [5.41, 5.74) is 7.28. The first-order chi connectivity index (χ1) is 12.0. The van der Waals surface area contributed by atoms with Gasteiger partial charge in [-0.25, -0.2) is 15.0 Å². The van der Waals surface area contributed by atoms with Gasteiger partial charge in [0.25, 0.3) is 0 Å². The average molecular weight is 345 g/mol. The summed E-state index contributed by atoms with van der Waals surface area (Å²) < 4.78 is 8.43. The van der Waals surface area contributed by atoms with Crippen LogP contribution in [0.3, 0.4) is 0 Å². The molecule has 3 atom stereocenters. The van der Waals surface area contributed by atoms with Crippen molar-refractivity contribution in [1.29, 1.82) is 0 Å². The van der Waals surface area contributed by atoms with Gasteiger partial charge in [-0.15, -0.1) is 0 Å². The number of imidazole rings is 1. The van der Waals surface area contributed by atoms with Crippen LogP contribution in [0.1, 0.15) is 6.23 Å². The van der Waals surface area contributed by atoms with Crippen LogP contribution in [0.5, 0.6) is 0 Å². The van der Waals surface area contributed by atoms with Gasteiger partial charge in [-0.1, -0.05) is 0 Å². The Bertz CT molecular complexity index is 979. The van der Waals surface area contributed by atoms with Crippen LogP contribution in [-0.4, -0.2) is 56.8 Å². The van der Waals surface area contributed by atoms with E-state index in [1.165, 1.54) is 10.9 Å². The predicted molar refractivity (Wildman–Crippen MR) is 84.8 cm³/mol. The van der Waals surface area contributed by atoms with Crippen molar-refractivity contribution in [1.82, 2.24) is 29.3 Å². The highest BCUT2D eigenvalue weighted by Gasteiger charge is 2.42. The molecule has 5 N–H and O–H groups in total. The molecule has 4 heterocycles. The van der Waals surface area contributed by atoms with E-state index < -0.39 is 18.4 Å². The van der Waals surface area contributed by atoms with Crippen molar-refractivity contribution in [2.75, 3.05) is 5.73 Å². The smallest absolute Gasteiger partial charge is 0.207 e. The highest BCUT2D eigenvalue weighted by molar-refractivity contribution is 5.83. The highest BCUT2D eigenvalue weighted by Crippen LogP contribution is 2.34. The number of hydrogen-bond acceptors (Lipinski definition) is 9. The van der Waals surface area contributed by atoms with Gasteiger partial charge in [-0.3, -0.25) is 9.25 Å². The number of aromatic nitrogens is 6. The summed E-state index contributed by atoms with van der Waals surface area (Å²) >= 11 is 0. The normalized spacial score (nSPS) is 24.9. The maximum absolute atomic E-state index is 10.2. The van der Waals surface area contributed by atoms with Crippen molar-refractivity contribution in [2.45, 2.75) is 18.4 Å². The summed E-state index contributed by atoms with van der Waals surface area (Å²) in [5, 5.41) is 33.2. The van der Waals surface area contributed by atoms with E-state index >= 15 is 0 Å². The predicted octanol–water partition coefficient (Wildman–Crippen LogP) is -0.541. The largest absolute Gasteiger partial charge is 0.512 e. The number of aliphatic hydroxyl groups excluding tert-OH is 3. The molecule has 130 valence electrons. The molecule has 0 radical (unpaired) electrons. The number of aryl methyl sites for hydroxylation is 1. The topological polar surface area (TPSA) is 157 Å². The first kappa shape index (κ1) is 15.4. The summed E-state index contributed by atoms with van der Waals surface area (Å²) in [6.07, 6.45) is 1.63. The number of nitrogens with zero attached hydrogens (tertiary/aromatic N) is 6. The first-order valence-electron chi connectivity index (χ1n) is 7.35. The Kier molecular flexibility index (Phi) is 3.33. The lowest BCUT2D eigenvalue weighted by Gasteiger charge is -2.16. The summed E-state index contributed by atoms with van der Waals surface area (Å²) in [5.74, 6) is 0.355. The minimum Gasteiger partial charge on any atom is -0.512 e. The van der Waals surface area contributed by atoms with Gasteiger partial charge in [-0.2, -0.15) is 5.10 Å². The van der Waals surface area contributed by atoms with E-state index in [1.807, 2.05) is 0 Å². The third kappa shape index (κ3) is 2.28. The highest BCUT2D eigenvalue weighted by atomic mass is 16.6. The maximum Gasteiger partial charge on any atom is 0.207 e. The Hall–Kier alpha value is -3.18. The summed E-state index contributed by atoms with van der Waals surface area (Å²) in [6, 6.07) is 0. The Labute approximate surface area is 140 Å². The Morgan fingerprint density at radius 2 is 2.12 bits per heavy atom. The minimum atomic E-state index is -1.36. The fraction of sp³-hybridized carbons (Fsp3) is 0.286. The number of ether oxygens (including phenoxy) is 1. The zero-order valence-electron chi connectivity index (χ0n) is 13.1. The Balaban J connectivity index is 1.85. The van der Waals surface area contributed by atoms with Crippen LogP contribution >= 0.6 is 0 Å². The van der Waals surface area contributed by atoms with Gasteiger partial charge in [0.15, 0.2) is 23.0 Å². The van der Waals surface area contributed by atoms with E-state index in [9.17, 15) is 10.2 Å². The second kappa shape index (κ2) is 5.43. The number of hydrogen-bond donors (Lipinski definition) is 4. The van der Waals surface area contributed by atoms with Gasteiger partial charge in [0.1, 0.15) is 30.3 Å². The molecule has 11 nitrogen and oxygen atoms in total. The molecule has 11 heteroatoms. The van der Waals surface area contributed by atoms with Gasteiger partial charge in [-0.05, 0) is 0 Å². The van der Waals surface area contributed by atoms with Crippen molar-refractivity contribution < 1.29 is 20.1 Å². The van der Waals surface area contributed by atoms with Crippen molar-refractivity contribution in [3.8, 4) is 11.4 Å². The molecular formula is C14H15N7O4. The lowest BCUT2D eigenvalue weighted by atomic mass is 10.2. The summed E-state index contributed by atoms with van der Waals surface area (Å²) in [4.78, 5) is 12.8. The lowest BCUT2D eigenvalue weighted by Crippen LogP contribution is -2.27. The molecule has 0 bridgehead atoms. The molecule has 25 heavy (non-hydrogen) atoms. The second-order valence-electron chi connectivity index (χ2n) is 5.63. The Morgan fingerprint density at radius 1 is 1.32 bits per heavy atom. The first-order valence-corrected chi connectivity index (χ1v) is 7.35. The van der Waals surface area contributed by atoms with Crippen molar-refractivity contribution in [3.05, 3.63) is 30.7 Å². The summed E-state index contributed by atoms with van der Waals surface area (Å²) in [6.45, 7) is 0. The summed E-state index contributed by atoms with van der Waals surface area (Å²) in [7, 11) is 1.77. The number of anilines is 1. The fourth-order valence-electron chi connectivity index (χ4n) is 2.72. The molecule has 0 saturated carbocycles. The van der Waals surface area contributed by atoms with E-state index in [-0.39, 0.29) is 11.6 Å². The molecule has 0 amide bonds. The number of nitrogens with two attached hydrogens (primary N) is 1. The zero-order valence-corrected chi connectivity index (χ0v) is 13.1. The molecule has 1 fully saturated rings. The molecule has 3 aromatic rings.